The molecule has 190 valence electrons. The summed E-state index contributed by atoms with van der Waals surface area (Å²) in [5.74, 6) is 0.638. The number of amides is 1. The second-order valence-electron chi connectivity index (χ2n) is 8.53. The van der Waals surface area contributed by atoms with Crippen molar-refractivity contribution in [2.75, 3.05) is 30.5 Å². The Morgan fingerprint density at radius 3 is 2.81 bits per heavy atom. The van der Waals surface area contributed by atoms with E-state index in [-0.39, 0.29) is 12.6 Å². The van der Waals surface area contributed by atoms with E-state index in [4.69, 9.17) is 4.74 Å². The van der Waals surface area contributed by atoms with Crippen LogP contribution in [0.15, 0.2) is 42.7 Å². The zero-order valence-electron chi connectivity index (χ0n) is 20.2. The number of tetrazole rings is 1. The van der Waals surface area contributed by atoms with Gasteiger partial charge < -0.3 is 20.1 Å². The molecule has 4 aromatic rings. The molecular weight excluding hydrogens is 481 g/mol. The van der Waals surface area contributed by atoms with Crippen LogP contribution in [0.25, 0.3) is 11.5 Å². The molecule has 1 atom stereocenters. The number of carbonyl (C=O) groups is 1. The number of aliphatic hydroxyl groups is 1. The van der Waals surface area contributed by atoms with E-state index in [1.54, 1.807) is 31.2 Å². The van der Waals surface area contributed by atoms with E-state index in [1.807, 2.05) is 11.0 Å². The number of aliphatic hydroxyl groups excluding tert-OH is 1. The molecule has 0 radical (unpaired) electrons. The van der Waals surface area contributed by atoms with Crippen LogP contribution in [0.2, 0.25) is 0 Å². The van der Waals surface area contributed by atoms with Gasteiger partial charge in [0, 0.05) is 13.1 Å². The minimum Gasteiger partial charge on any atom is -0.496 e. The van der Waals surface area contributed by atoms with Crippen molar-refractivity contribution in [3.8, 4) is 17.3 Å². The van der Waals surface area contributed by atoms with Crippen molar-refractivity contribution < 1.29 is 19.0 Å². The number of benzene rings is 1. The Hall–Kier alpha value is -4.52. The summed E-state index contributed by atoms with van der Waals surface area (Å²) in [7, 11) is 1.51. The lowest BCUT2D eigenvalue weighted by Gasteiger charge is -2.29. The maximum absolute atomic E-state index is 13.3. The Balaban J connectivity index is 1.39. The summed E-state index contributed by atoms with van der Waals surface area (Å²) in [6, 6.07) is 8.40. The van der Waals surface area contributed by atoms with Crippen molar-refractivity contribution in [2.24, 2.45) is 0 Å². The number of aromatic nitrogens is 7. The molecule has 1 amide bonds. The van der Waals surface area contributed by atoms with Crippen molar-refractivity contribution in [1.29, 1.82) is 0 Å². The van der Waals surface area contributed by atoms with Crippen LogP contribution in [-0.4, -0.2) is 66.4 Å². The van der Waals surface area contributed by atoms with E-state index in [9.17, 15) is 14.3 Å². The molecule has 13 heteroatoms. The highest BCUT2D eigenvalue weighted by atomic mass is 19.1. The lowest BCUT2D eigenvalue weighted by molar-refractivity contribution is 0.102. The number of nitrogens with one attached hydrogen (secondary N) is 1. The summed E-state index contributed by atoms with van der Waals surface area (Å²) < 4.78 is 20.2. The van der Waals surface area contributed by atoms with Crippen LogP contribution in [0, 0.1) is 5.82 Å². The molecule has 1 aliphatic heterocycles. The third-order valence-electron chi connectivity index (χ3n) is 6.06. The van der Waals surface area contributed by atoms with Crippen LogP contribution < -0.4 is 15.0 Å². The van der Waals surface area contributed by atoms with Gasteiger partial charge in [0.25, 0.3) is 5.91 Å². The van der Waals surface area contributed by atoms with Crippen LogP contribution in [-0.2, 0) is 13.0 Å². The predicted octanol–water partition coefficient (Wildman–Crippen LogP) is 2.04. The standard InChI is InChI=1S/C24H24FN9O3/c1-14(13-35)34-22(30-31-32-34)19-4-3-5-21(28-19)29-23(36)18-8-16-12-33(24-26-10-17(25)11-27-24)7-6-15(16)9-20(18)37-2/h3-5,8-11,14,35H,6-7,12-13H2,1-2H3,(H,28,29,36). The monoisotopic (exact) mass is 505 g/mol. The minimum absolute atomic E-state index is 0.142. The maximum atomic E-state index is 13.3. The van der Waals surface area contributed by atoms with Gasteiger partial charge >= 0.3 is 0 Å². The number of rotatable bonds is 7. The van der Waals surface area contributed by atoms with Crippen molar-refractivity contribution in [3.05, 3.63) is 65.2 Å². The first kappa shape index (κ1) is 24.2. The lowest BCUT2D eigenvalue weighted by atomic mass is 9.96. The van der Waals surface area contributed by atoms with Gasteiger partial charge in [0.15, 0.2) is 5.82 Å². The highest BCUT2D eigenvalue weighted by Crippen LogP contribution is 2.30. The molecule has 5 rings (SSSR count). The largest absolute Gasteiger partial charge is 0.496 e. The SMILES string of the molecule is COc1cc2c(cc1C(=O)Nc1cccc(-c3nnnn3C(C)CO)n1)CN(c1ncc(F)cn1)CC2. The second-order valence-corrected chi connectivity index (χ2v) is 8.53. The Morgan fingerprint density at radius 1 is 1.24 bits per heavy atom. The van der Waals surface area contributed by atoms with Crippen molar-refractivity contribution >= 4 is 17.7 Å². The number of nitrogens with zero attached hydrogens (tertiary/aromatic N) is 8. The average molecular weight is 506 g/mol. The van der Waals surface area contributed by atoms with Gasteiger partial charge in [-0.05, 0) is 59.2 Å². The van der Waals surface area contributed by atoms with Gasteiger partial charge in [-0.25, -0.2) is 24.0 Å². The number of ether oxygens (including phenoxy) is 1. The normalized spacial score (nSPS) is 13.7. The number of carbonyl (C=O) groups excluding carboxylic acids is 1. The van der Waals surface area contributed by atoms with E-state index in [1.165, 1.54) is 11.8 Å². The predicted molar refractivity (Wildman–Crippen MR) is 131 cm³/mol. The Bertz CT molecular complexity index is 1430. The van der Waals surface area contributed by atoms with Gasteiger partial charge in [-0.15, -0.1) is 5.10 Å². The molecule has 1 aliphatic rings. The van der Waals surface area contributed by atoms with Gasteiger partial charge in [0.1, 0.15) is 17.3 Å². The summed E-state index contributed by atoms with van der Waals surface area (Å²) in [6.45, 7) is 2.75. The number of anilines is 2. The van der Waals surface area contributed by atoms with E-state index in [0.717, 1.165) is 23.5 Å². The molecule has 0 fully saturated rings. The van der Waals surface area contributed by atoms with Crippen molar-refractivity contribution in [1.82, 2.24) is 35.2 Å². The first-order chi connectivity index (χ1) is 18.0. The fourth-order valence-electron chi connectivity index (χ4n) is 4.12. The van der Waals surface area contributed by atoms with Gasteiger partial charge in [0.2, 0.25) is 11.8 Å². The van der Waals surface area contributed by atoms with Gasteiger partial charge in [-0.3, -0.25) is 4.79 Å². The first-order valence-electron chi connectivity index (χ1n) is 11.6. The zero-order valence-corrected chi connectivity index (χ0v) is 20.2. The summed E-state index contributed by atoms with van der Waals surface area (Å²) in [6.07, 6.45) is 2.96. The quantitative estimate of drug-likeness (QED) is 0.383. The molecule has 37 heavy (non-hydrogen) atoms. The van der Waals surface area contributed by atoms with Gasteiger partial charge in [-0.1, -0.05) is 6.07 Å². The fourth-order valence-corrected chi connectivity index (χ4v) is 4.12. The molecule has 4 heterocycles. The third-order valence-corrected chi connectivity index (χ3v) is 6.06. The lowest BCUT2D eigenvalue weighted by Crippen LogP contribution is -2.32. The molecule has 0 aliphatic carbocycles. The fraction of sp³-hybridized carbons (Fsp3) is 0.292. The average Bonchev–Trinajstić information content (AvgIpc) is 3.42. The van der Waals surface area contributed by atoms with E-state index in [2.05, 4.69) is 35.8 Å². The van der Waals surface area contributed by atoms with E-state index < -0.39 is 11.7 Å². The summed E-state index contributed by atoms with van der Waals surface area (Å²) in [5, 5.41) is 23.9. The molecule has 1 aromatic carbocycles. The highest BCUT2D eigenvalue weighted by Gasteiger charge is 2.24. The van der Waals surface area contributed by atoms with E-state index >= 15 is 0 Å². The Morgan fingerprint density at radius 2 is 2.05 bits per heavy atom. The molecule has 0 saturated heterocycles. The number of hydrogen-bond acceptors (Lipinski definition) is 10. The smallest absolute Gasteiger partial charge is 0.260 e. The van der Waals surface area contributed by atoms with Gasteiger partial charge in [-0.2, -0.15) is 0 Å². The maximum Gasteiger partial charge on any atom is 0.260 e. The molecule has 0 saturated carbocycles. The number of hydrogen-bond donors (Lipinski definition) is 2. The molecule has 0 bridgehead atoms. The molecule has 12 nitrogen and oxygen atoms in total. The summed E-state index contributed by atoms with van der Waals surface area (Å²) in [5.41, 5.74) is 2.75. The zero-order chi connectivity index (χ0) is 25.9. The van der Waals surface area contributed by atoms with Gasteiger partial charge in [0.05, 0.1) is 37.7 Å². The Labute approximate surface area is 211 Å². The summed E-state index contributed by atoms with van der Waals surface area (Å²) in [4.78, 5) is 27.9. The number of methoxy groups -OCH3 is 1. The molecular formula is C24H24FN9O3. The third kappa shape index (κ3) is 4.93. The number of pyridine rings is 1. The molecule has 0 spiro atoms. The highest BCUT2D eigenvalue weighted by molar-refractivity contribution is 6.06. The topological polar surface area (TPSA) is 144 Å². The number of fused-ring (bicyclic) bond motifs is 1. The van der Waals surface area contributed by atoms with Crippen LogP contribution in [0.4, 0.5) is 16.2 Å². The van der Waals surface area contributed by atoms with Crippen molar-refractivity contribution in [2.45, 2.75) is 25.9 Å². The van der Waals surface area contributed by atoms with Crippen LogP contribution in [0.3, 0.4) is 0 Å². The van der Waals surface area contributed by atoms with Crippen LogP contribution in [0.1, 0.15) is 34.5 Å². The molecule has 1 unspecified atom stereocenters. The Kier molecular flexibility index (Phi) is 6.68. The van der Waals surface area contributed by atoms with Crippen LogP contribution >= 0.6 is 0 Å². The number of halogens is 1. The van der Waals surface area contributed by atoms with E-state index in [0.29, 0.717) is 54.1 Å². The first-order valence-corrected chi connectivity index (χ1v) is 11.6. The molecule has 3 aromatic heterocycles. The van der Waals surface area contributed by atoms with Crippen molar-refractivity contribution in [3.63, 3.8) is 0 Å². The second kappa shape index (κ2) is 10.2. The summed E-state index contributed by atoms with van der Waals surface area (Å²) >= 11 is 0. The minimum atomic E-state index is -0.498. The van der Waals surface area contributed by atoms with Crippen LogP contribution in [0.5, 0.6) is 5.75 Å². The molecule has 2 N–H and O–H groups in total.